The summed E-state index contributed by atoms with van der Waals surface area (Å²) in [4.78, 5) is 12.4. The highest BCUT2D eigenvalue weighted by Gasteiger charge is 2.62. The molecule has 8 unspecified atom stereocenters. The summed E-state index contributed by atoms with van der Waals surface area (Å²) in [6.07, 6.45) is 12.4. The van der Waals surface area contributed by atoms with Crippen LogP contribution in [0, 0.1) is 46.3 Å². The Morgan fingerprint density at radius 1 is 1.04 bits per heavy atom. The number of carbonyl (C=O) groups is 1. The zero-order valence-electron chi connectivity index (χ0n) is 18.4. The monoisotopic (exact) mass is 374 g/mol. The number of rotatable bonds is 4. The van der Waals surface area contributed by atoms with Crippen molar-refractivity contribution in [3.8, 4) is 0 Å². The van der Waals surface area contributed by atoms with Crippen molar-refractivity contribution in [1.82, 2.24) is 0 Å². The molecule has 0 aromatic heterocycles. The molecule has 0 spiro atoms. The van der Waals surface area contributed by atoms with Crippen LogP contribution in [0.25, 0.3) is 0 Å². The Labute approximate surface area is 167 Å². The highest BCUT2D eigenvalue weighted by atomic mass is 16.5. The van der Waals surface area contributed by atoms with Gasteiger partial charge < -0.3 is 4.74 Å². The Kier molecular flexibility index (Phi) is 5.28. The van der Waals surface area contributed by atoms with E-state index in [1.165, 1.54) is 51.4 Å². The molecule has 4 aliphatic carbocycles. The number of ketones is 1. The van der Waals surface area contributed by atoms with Crippen molar-refractivity contribution >= 4 is 5.78 Å². The van der Waals surface area contributed by atoms with Gasteiger partial charge in [0.05, 0.1) is 12.7 Å². The number of ether oxygens (including phenoxy) is 1. The quantitative estimate of drug-likeness (QED) is 0.579. The van der Waals surface area contributed by atoms with E-state index >= 15 is 0 Å². The summed E-state index contributed by atoms with van der Waals surface area (Å²) in [5, 5.41) is 0. The van der Waals surface area contributed by atoms with Crippen LogP contribution >= 0.6 is 0 Å². The van der Waals surface area contributed by atoms with Crippen molar-refractivity contribution in [3.63, 3.8) is 0 Å². The molecule has 0 saturated heterocycles. The molecule has 154 valence electrons. The molecule has 0 N–H and O–H groups in total. The lowest BCUT2D eigenvalue weighted by molar-refractivity contribution is -0.163. The van der Waals surface area contributed by atoms with Gasteiger partial charge in [-0.05, 0) is 113 Å². The van der Waals surface area contributed by atoms with Gasteiger partial charge in [-0.1, -0.05) is 20.3 Å². The lowest BCUT2D eigenvalue weighted by atomic mass is 9.44. The summed E-state index contributed by atoms with van der Waals surface area (Å²) >= 11 is 0. The molecule has 4 rings (SSSR count). The zero-order valence-corrected chi connectivity index (χ0v) is 18.4. The minimum absolute atomic E-state index is 0.280. The van der Waals surface area contributed by atoms with Crippen LogP contribution in [-0.2, 0) is 9.53 Å². The molecule has 0 amide bonds. The van der Waals surface area contributed by atoms with E-state index in [9.17, 15) is 4.79 Å². The van der Waals surface area contributed by atoms with Gasteiger partial charge in [0.25, 0.3) is 0 Å². The van der Waals surface area contributed by atoms with Gasteiger partial charge in [-0.3, -0.25) is 4.79 Å². The number of Topliss-reactive ketones (excluding diaryl/α,β-unsaturated/α-hetero) is 1. The fourth-order valence-electron chi connectivity index (χ4n) is 8.54. The molecule has 0 radical (unpaired) electrons. The third kappa shape index (κ3) is 3.13. The predicted molar refractivity (Wildman–Crippen MR) is 110 cm³/mol. The smallest absolute Gasteiger partial charge is 0.133 e. The lowest BCUT2D eigenvalue weighted by Crippen LogP contribution is -2.56. The molecule has 0 bridgehead atoms. The summed E-state index contributed by atoms with van der Waals surface area (Å²) in [5.74, 6) is 5.00. The molecule has 0 heterocycles. The maximum Gasteiger partial charge on any atom is 0.133 e. The first-order valence-electron chi connectivity index (χ1n) is 11.9. The largest absolute Gasteiger partial charge is 0.378 e. The molecule has 8 atom stereocenters. The number of carbonyl (C=O) groups excluding carboxylic acids is 1. The number of hydrogen-bond acceptors (Lipinski definition) is 2. The molecule has 2 heteroatoms. The fourth-order valence-corrected chi connectivity index (χ4v) is 8.54. The van der Waals surface area contributed by atoms with Crippen LogP contribution < -0.4 is 0 Å². The van der Waals surface area contributed by atoms with Crippen molar-refractivity contribution in [2.75, 3.05) is 6.61 Å². The SMILES string of the molecule is CC(=O)C1CCC2C3CCC4CC(C)CCC4(COC(C)C)C3CCC12C. The lowest BCUT2D eigenvalue weighted by Gasteiger charge is -2.62. The van der Waals surface area contributed by atoms with Crippen molar-refractivity contribution in [2.24, 2.45) is 46.3 Å². The Bertz CT molecular complexity index is 569. The molecule has 4 aliphatic rings. The van der Waals surface area contributed by atoms with E-state index < -0.39 is 0 Å². The first-order valence-corrected chi connectivity index (χ1v) is 11.9. The van der Waals surface area contributed by atoms with Crippen LogP contribution in [-0.4, -0.2) is 18.5 Å². The summed E-state index contributed by atoms with van der Waals surface area (Å²) in [5.41, 5.74) is 0.706. The van der Waals surface area contributed by atoms with Crippen molar-refractivity contribution in [1.29, 1.82) is 0 Å². The summed E-state index contributed by atoms with van der Waals surface area (Å²) < 4.78 is 6.37. The molecular formula is C25H42O2. The number of fused-ring (bicyclic) bond motifs is 5. The predicted octanol–water partition coefficient (Wildman–Crippen LogP) is 6.28. The van der Waals surface area contributed by atoms with E-state index in [0.717, 1.165) is 42.6 Å². The third-order valence-corrected chi connectivity index (χ3v) is 9.80. The zero-order chi connectivity index (χ0) is 19.4. The van der Waals surface area contributed by atoms with E-state index in [1.807, 2.05) is 6.92 Å². The van der Waals surface area contributed by atoms with Gasteiger partial charge in [-0.2, -0.15) is 0 Å². The van der Waals surface area contributed by atoms with E-state index in [4.69, 9.17) is 4.74 Å². The Hall–Kier alpha value is -0.370. The van der Waals surface area contributed by atoms with Gasteiger partial charge in [0.2, 0.25) is 0 Å². The van der Waals surface area contributed by atoms with Crippen LogP contribution in [0.3, 0.4) is 0 Å². The second kappa shape index (κ2) is 7.15. The average Bonchev–Trinajstić information content (AvgIpc) is 2.97. The van der Waals surface area contributed by atoms with Gasteiger partial charge >= 0.3 is 0 Å². The third-order valence-electron chi connectivity index (χ3n) is 9.80. The first kappa shape index (κ1) is 19.9. The Morgan fingerprint density at radius 2 is 1.81 bits per heavy atom. The Balaban J connectivity index is 1.63. The highest BCUT2D eigenvalue weighted by molar-refractivity contribution is 5.79. The normalized spacial score (nSPS) is 49.4. The van der Waals surface area contributed by atoms with E-state index in [2.05, 4.69) is 27.7 Å². The maximum atomic E-state index is 12.4. The van der Waals surface area contributed by atoms with Gasteiger partial charge in [-0.15, -0.1) is 0 Å². The molecular weight excluding hydrogens is 332 g/mol. The summed E-state index contributed by atoms with van der Waals surface area (Å²) in [6.45, 7) is 12.2. The van der Waals surface area contributed by atoms with Crippen molar-refractivity contribution < 1.29 is 9.53 Å². The molecule has 0 aromatic rings. The maximum absolute atomic E-state index is 12.4. The Morgan fingerprint density at radius 3 is 2.52 bits per heavy atom. The molecule has 4 saturated carbocycles. The molecule has 0 aromatic carbocycles. The molecule has 0 aliphatic heterocycles. The average molecular weight is 375 g/mol. The standard InChI is InChI=1S/C25H42O2/c1-16(2)27-15-25-13-10-17(3)14-19(25)6-7-20-22-9-8-21(18(4)26)24(22,5)12-11-23(20)25/h16-17,19-23H,6-15H2,1-5H3. The van der Waals surface area contributed by atoms with Crippen molar-refractivity contribution in [3.05, 3.63) is 0 Å². The molecule has 2 nitrogen and oxygen atoms in total. The van der Waals surface area contributed by atoms with Gasteiger partial charge in [0.1, 0.15) is 5.78 Å². The van der Waals surface area contributed by atoms with Gasteiger partial charge in [-0.25, -0.2) is 0 Å². The van der Waals surface area contributed by atoms with Crippen LogP contribution in [0.2, 0.25) is 0 Å². The van der Waals surface area contributed by atoms with E-state index in [-0.39, 0.29) is 5.41 Å². The second-order valence-corrected chi connectivity index (χ2v) is 11.4. The van der Waals surface area contributed by atoms with Crippen LogP contribution in [0.4, 0.5) is 0 Å². The summed E-state index contributed by atoms with van der Waals surface area (Å²) in [7, 11) is 0. The van der Waals surface area contributed by atoms with Crippen LogP contribution in [0.15, 0.2) is 0 Å². The molecule has 27 heavy (non-hydrogen) atoms. The van der Waals surface area contributed by atoms with Crippen LogP contribution in [0.1, 0.15) is 92.4 Å². The summed E-state index contributed by atoms with van der Waals surface area (Å²) in [6, 6.07) is 0. The topological polar surface area (TPSA) is 26.3 Å². The second-order valence-electron chi connectivity index (χ2n) is 11.4. The van der Waals surface area contributed by atoms with Crippen molar-refractivity contribution in [2.45, 2.75) is 98.5 Å². The van der Waals surface area contributed by atoms with Crippen LogP contribution in [0.5, 0.6) is 0 Å². The van der Waals surface area contributed by atoms with Gasteiger partial charge in [0.15, 0.2) is 0 Å². The fraction of sp³-hybridized carbons (Fsp3) is 0.960. The van der Waals surface area contributed by atoms with Gasteiger partial charge in [0, 0.05) is 5.92 Å². The first-order chi connectivity index (χ1) is 12.8. The number of hydrogen-bond donors (Lipinski definition) is 0. The van der Waals surface area contributed by atoms with E-state index in [1.54, 1.807) is 0 Å². The van der Waals surface area contributed by atoms with E-state index in [0.29, 0.717) is 23.2 Å². The molecule has 4 fully saturated rings. The minimum atomic E-state index is 0.280. The highest BCUT2D eigenvalue weighted by Crippen LogP contribution is 2.68. The minimum Gasteiger partial charge on any atom is -0.378 e.